The number of hydrogen-bond donors (Lipinski definition) is 1. The molecule has 1 N–H and O–H groups in total. The fraction of sp³-hybridized carbons (Fsp3) is 0.929. The molecule has 0 aromatic rings. The first-order chi connectivity index (χ1) is 8.48. The number of likely N-dealkylation sites (tertiary alicyclic amines) is 1. The van der Waals surface area contributed by atoms with E-state index < -0.39 is 0 Å². The first-order valence-electron chi connectivity index (χ1n) is 6.98. The van der Waals surface area contributed by atoms with Crippen LogP contribution in [0.1, 0.15) is 40.0 Å². The van der Waals surface area contributed by atoms with Gasteiger partial charge in [0, 0.05) is 32.7 Å². The highest BCUT2D eigenvalue weighted by Gasteiger charge is 2.28. The monoisotopic (exact) mass is 256 g/mol. The zero-order chi connectivity index (χ0) is 13.6. The first-order valence-corrected chi connectivity index (χ1v) is 6.98. The second-order valence-electron chi connectivity index (χ2n) is 5.96. The normalized spacial score (nSPS) is 21.8. The van der Waals surface area contributed by atoms with Crippen LogP contribution >= 0.6 is 0 Å². The molecule has 1 rings (SSSR count). The number of carbonyl (C=O) groups is 1. The van der Waals surface area contributed by atoms with Crippen LogP contribution in [0.4, 0.5) is 0 Å². The van der Waals surface area contributed by atoms with Gasteiger partial charge in [0.25, 0.3) is 0 Å². The van der Waals surface area contributed by atoms with Crippen LogP contribution in [0.25, 0.3) is 0 Å². The molecule has 0 bridgehead atoms. The van der Waals surface area contributed by atoms with Crippen molar-refractivity contribution in [1.82, 2.24) is 10.2 Å². The van der Waals surface area contributed by atoms with Crippen LogP contribution in [0.15, 0.2) is 0 Å². The molecule has 1 aliphatic heterocycles. The van der Waals surface area contributed by atoms with Gasteiger partial charge in [-0.15, -0.1) is 0 Å². The third-order valence-electron chi connectivity index (χ3n) is 3.73. The summed E-state index contributed by atoms with van der Waals surface area (Å²) in [5, 5.41) is 3.37. The van der Waals surface area contributed by atoms with Gasteiger partial charge in [0.2, 0.25) is 5.91 Å². The minimum absolute atomic E-state index is 0.241. The Morgan fingerprint density at radius 1 is 1.44 bits per heavy atom. The summed E-state index contributed by atoms with van der Waals surface area (Å²) in [6.07, 6.45) is 2.77. The van der Waals surface area contributed by atoms with Gasteiger partial charge >= 0.3 is 0 Å². The lowest BCUT2D eigenvalue weighted by atomic mass is 9.85. The fourth-order valence-corrected chi connectivity index (χ4v) is 2.42. The summed E-state index contributed by atoms with van der Waals surface area (Å²) in [6.45, 7) is 9.77. The molecule has 1 amide bonds. The summed E-state index contributed by atoms with van der Waals surface area (Å²) in [4.78, 5) is 14.1. The van der Waals surface area contributed by atoms with E-state index in [-0.39, 0.29) is 6.04 Å². The molecular formula is C14H28N2O2. The molecule has 0 aromatic carbocycles. The predicted molar refractivity (Wildman–Crippen MR) is 73.6 cm³/mol. The van der Waals surface area contributed by atoms with E-state index in [1.165, 1.54) is 0 Å². The number of nitrogens with zero attached hydrogens (tertiary/aromatic N) is 1. The number of hydrogen-bond acceptors (Lipinski definition) is 3. The molecule has 1 unspecified atom stereocenters. The summed E-state index contributed by atoms with van der Waals surface area (Å²) in [7, 11) is 1.71. The van der Waals surface area contributed by atoms with Crippen LogP contribution in [0.2, 0.25) is 0 Å². The van der Waals surface area contributed by atoms with Gasteiger partial charge in [-0.2, -0.15) is 0 Å². The lowest BCUT2D eigenvalue weighted by Gasteiger charge is -2.27. The zero-order valence-electron chi connectivity index (χ0n) is 12.3. The van der Waals surface area contributed by atoms with E-state index >= 15 is 0 Å². The van der Waals surface area contributed by atoms with E-state index in [1.807, 2.05) is 4.90 Å². The maximum atomic E-state index is 12.1. The number of nitrogens with one attached hydrogen (secondary N) is 1. The number of likely N-dealkylation sites (N-methyl/N-ethyl adjacent to an activating group) is 1. The molecule has 1 fully saturated rings. The van der Waals surface area contributed by atoms with Gasteiger partial charge in [0.1, 0.15) is 0 Å². The molecule has 1 heterocycles. The van der Waals surface area contributed by atoms with Gasteiger partial charge in [-0.3, -0.25) is 4.79 Å². The lowest BCUT2D eigenvalue weighted by molar-refractivity contribution is -0.131. The van der Waals surface area contributed by atoms with Gasteiger partial charge in [-0.1, -0.05) is 20.8 Å². The third-order valence-corrected chi connectivity index (χ3v) is 3.73. The number of methoxy groups -OCH3 is 1. The topological polar surface area (TPSA) is 41.6 Å². The van der Waals surface area contributed by atoms with Crippen LogP contribution in [-0.4, -0.2) is 50.2 Å². The molecule has 4 heteroatoms. The smallest absolute Gasteiger partial charge is 0.222 e. The van der Waals surface area contributed by atoms with Crippen LogP contribution in [0, 0.1) is 5.41 Å². The molecular weight excluding hydrogens is 228 g/mol. The van der Waals surface area contributed by atoms with Crippen molar-refractivity contribution in [2.24, 2.45) is 5.41 Å². The second-order valence-corrected chi connectivity index (χ2v) is 5.96. The molecule has 1 saturated heterocycles. The summed E-state index contributed by atoms with van der Waals surface area (Å²) in [6, 6.07) is 0.241. The van der Waals surface area contributed by atoms with Crippen LogP contribution in [-0.2, 0) is 9.53 Å². The Balaban J connectivity index is 2.55. The van der Waals surface area contributed by atoms with Crippen molar-refractivity contribution in [1.29, 1.82) is 0 Å². The van der Waals surface area contributed by atoms with Gasteiger partial charge in [0.05, 0.1) is 6.61 Å². The maximum Gasteiger partial charge on any atom is 0.222 e. The van der Waals surface area contributed by atoms with Crippen molar-refractivity contribution < 1.29 is 9.53 Å². The van der Waals surface area contributed by atoms with Gasteiger partial charge in [-0.05, 0) is 24.8 Å². The number of ether oxygens (including phenoxy) is 1. The number of amides is 1. The molecule has 0 saturated carbocycles. The van der Waals surface area contributed by atoms with E-state index in [1.54, 1.807) is 7.11 Å². The summed E-state index contributed by atoms with van der Waals surface area (Å²) in [5.74, 6) is 0.291. The van der Waals surface area contributed by atoms with Crippen molar-refractivity contribution in [3.8, 4) is 0 Å². The maximum absolute atomic E-state index is 12.1. The lowest BCUT2D eigenvalue weighted by Crippen LogP contribution is -2.45. The van der Waals surface area contributed by atoms with Crippen LogP contribution in [0.5, 0.6) is 0 Å². The van der Waals surface area contributed by atoms with Crippen molar-refractivity contribution in [3.05, 3.63) is 0 Å². The standard InChI is InChI=1S/C14H28N2O2/c1-5-15-12(11-18-4)10-16-9-8-14(2,3)7-6-13(16)17/h12,15H,5-11H2,1-4H3. The molecule has 0 spiro atoms. The van der Waals surface area contributed by atoms with Crippen LogP contribution < -0.4 is 5.32 Å². The SMILES string of the molecule is CCNC(COC)CN1CCC(C)(C)CCC1=O. The van der Waals surface area contributed by atoms with E-state index in [0.29, 0.717) is 24.3 Å². The van der Waals surface area contributed by atoms with E-state index in [0.717, 1.165) is 32.5 Å². The largest absolute Gasteiger partial charge is 0.383 e. The van der Waals surface area contributed by atoms with Gasteiger partial charge in [-0.25, -0.2) is 0 Å². The Morgan fingerprint density at radius 2 is 2.17 bits per heavy atom. The average Bonchev–Trinajstić information content (AvgIpc) is 2.43. The fourth-order valence-electron chi connectivity index (χ4n) is 2.42. The second kappa shape index (κ2) is 7.10. The van der Waals surface area contributed by atoms with Crippen molar-refractivity contribution in [2.75, 3.05) is 33.4 Å². The highest BCUT2D eigenvalue weighted by molar-refractivity contribution is 5.76. The quantitative estimate of drug-likeness (QED) is 0.785. The highest BCUT2D eigenvalue weighted by atomic mass is 16.5. The Labute approximate surface area is 111 Å². The van der Waals surface area contributed by atoms with Gasteiger partial charge < -0.3 is 15.0 Å². The average molecular weight is 256 g/mol. The van der Waals surface area contributed by atoms with Crippen LogP contribution in [0.3, 0.4) is 0 Å². The molecule has 0 radical (unpaired) electrons. The first kappa shape index (κ1) is 15.4. The van der Waals surface area contributed by atoms with Crippen molar-refractivity contribution in [2.45, 2.75) is 46.1 Å². The van der Waals surface area contributed by atoms with E-state index in [2.05, 4.69) is 26.1 Å². The zero-order valence-corrected chi connectivity index (χ0v) is 12.3. The molecule has 1 aliphatic rings. The number of carbonyl (C=O) groups excluding carboxylic acids is 1. The minimum atomic E-state index is 0.241. The highest BCUT2D eigenvalue weighted by Crippen LogP contribution is 2.30. The van der Waals surface area contributed by atoms with Crippen molar-refractivity contribution >= 4 is 5.91 Å². The third kappa shape index (κ3) is 4.94. The molecule has 0 aliphatic carbocycles. The summed E-state index contributed by atoms with van der Waals surface area (Å²) < 4.78 is 5.21. The van der Waals surface area contributed by atoms with E-state index in [4.69, 9.17) is 4.74 Å². The predicted octanol–water partition coefficient (Wildman–Crippen LogP) is 1.65. The Bertz CT molecular complexity index is 261. The van der Waals surface area contributed by atoms with Crippen molar-refractivity contribution in [3.63, 3.8) is 0 Å². The summed E-state index contributed by atoms with van der Waals surface area (Å²) in [5.41, 5.74) is 0.291. The van der Waals surface area contributed by atoms with E-state index in [9.17, 15) is 4.79 Å². The van der Waals surface area contributed by atoms with Gasteiger partial charge in [0.15, 0.2) is 0 Å². The Morgan fingerprint density at radius 3 is 2.78 bits per heavy atom. The molecule has 0 aromatic heterocycles. The molecule has 1 atom stereocenters. The Kier molecular flexibility index (Phi) is 6.09. The Hall–Kier alpha value is -0.610. The molecule has 4 nitrogen and oxygen atoms in total. The minimum Gasteiger partial charge on any atom is -0.383 e. The number of rotatable bonds is 6. The molecule has 18 heavy (non-hydrogen) atoms. The molecule has 106 valence electrons. The summed E-state index contributed by atoms with van der Waals surface area (Å²) >= 11 is 0.